The lowest BCUT2D eigenvalue weighted by Gasteiger charge is -2.38. The number of anilines is 1. The Bertz CT molecular complexity index is 1170. The summed E-state index contributed by atoms with van der Waals surface area (Å²) in [6.45, 7) is 11.7. The van der Waals surface area contributed by atoms with Crippen LogP contribution in [0.3, 0.4) is 0 Å². The number of carbonyl (C=O) groups is 3. The second kappa shape index (κ2) is 12.4. The van der Waals surface area contributed by atoms with Crippen LogP contribution in [0.5, 0.6) is 0 Å². The van der Waals surface area contributed by atoms with Crippen LogP contribution in [0.15, 0.2) is 36.4 Å². The van der Waals surface area contributed by atoms with Crippen LogP contribution in [-0.4, -0.2) is 77.5 Å². The van der Waals surface area contributed by atoms with Gasteiger partial charge in [-0.05, 0) is 62.4 Å². The highest BCUT2D eigenvalue weighted by molar-refractivity contribution is 6.30. The molecule has 8 nitrogen and oxygen atoms in total. The van der Waals surface area contributed by atoms with Gasteiger partial charge < -0.3 is 25.2 Å². The smallest absolute Gasteiger partial charge is 0.246 e. The van der Waals surface area contributed by atoms with E-state index in [9.17, 15) is 14.4 Å². The first-order chi connectivity index (χ1) is 19.7. The Balaban J connectivity index is 1.43. The van der Waals surface area contributed by atoms with E-state index in [1.807, 2.05) is 12.2 Å². The van der Waals surface area contributed by atoms with E-state index in [0.29, 0.717) is 35.6 Å². The molecule has 3 fully saturated rings. The molecule has 0 aromatic heterocycles. The third-order valence-corrected chi connectivity index (χ3v) is 10.0. The number of ether oxygens (including phenoxy) is 1. The number of fused-ring (bicyclic) bond motifs is 1. The average molecular weight is 585 g/mol. The number of benzene rings is 1. The third-order valence-electron chi connectivity index (χ3n) is 9.79. The first kappa shape index (κ1) is 30.1. The average Bonchev–Trinajstić information content (AvgIpc) is 3.57. The molecule has 3 heterocycles. The fourth-order valence-electron chi connectivity index (χ4n) is 7.56. The first-order valence-electron chi connectivity index (χ1n) is 15.5. The molecular formula is C32H45ClN4O4. The van der Waals surface area contributed by atoms with Crippen molar-refractivity contribution < 1.29 is 19.1 Å². The summed E-state index contributed by atoms with van der Waals surface area (Å²) >= 11 is 6.14. The highest BCUT2D eigenvalue weighted by Crippen LogP contribution is 2.55. The standard InChI is InChI=1S/C32H45ClN4O4/c1-5-15-36(16-6-2)17-18-37-28(30(39)35-24-12-7-9-20(3)21(24)4)32-14-13-25(41-32)26(27(32)31(37)40)29(38)34-23-11-8-10-22(33)19-23/h8,10-11,13-14,19-21,24-28H,5-7,9,12,15-18H2,1-4H3,(H,34,38)(H,35,39). The Labute approximate surface area is 249 Å². The van der Waals surface area contributed by atoms with Crippen LogP contribution < -0.4 is 10.6 Å². The van der Waals surface area contributed by atoms with Crippen LogP contribution in [0.25, 0.3) is 0 Å². The topological polar surface area (TPSA) is 91.0 Å². The zero-order valence-electron chi connectivity index (χ0n) is 24.8. The molecule has 2 saturated heterocycles. The van der Waals surface area contributed by atoms with Gasteiger partial charge >= 0.3 is 0 Å². The fraction of sp³-hybridized carbons (Fsp3) is 0.656. The number of carbonyl (C=O) groups excluding carboxylic acids is 3. The van der Waals surface area contributed by atoms with E-state index in [1.54, 1.807) is 29.2 Å². The van der Waals surface area contributed by atoms with Crippen molar-refractivity contribution in [1.82, 2.24) is 15.1 Å². The van der Waals surface area contributed by atoms with E-state index in [2.05, 4.69) is 43.2 Å². The van der Waals surface area contributed by atoms with Crippen LogP contribution in [0.1, 0.15) is 59.8 Å². The maximum absolute atomic E-state index is 14.3. The van der Waals surface area contributed by atoms with Crippen LogP contribution in [0, 0.1) is 23.7 Å². The van der Waals surface area contributed by atoms with Crippen LogP contribution in [0.2, 0.25) is 5.02 Å². The SMILES string of the molecule is CCCN(CCC)CCN1C(=O)C2C(C(=O)Nc3cccc(Cl)c3)C3C=CC2(O3)C1C(=O)NC1CCCC(C)C1C. The number of hydrogen-bond donors (Lipinski definition) is 2. The van der Waals surface area contributed by atoms with Gasteiger partial charge in [-0.2, -0.15) is 0 Å². The highest BCUT2D eigenvalue weighted by atomic mass is 35.5. The van der Waals surface area contributed by atoms with Gasteiger partial charge in [0.05, 0.1) is 17.9 Å². The summed E-state index contributed by atoms with van der Waals surface area (Å²) in [5.41, 5.74) is -0.596. The molecule has 9 heteroatoms. The fourth-order valence-corrected chi connectivity index (χ4v) is 7.75. The van der Waals surface area contributed by atoms with Gasteiger partial charge in [0.2, 0.25) is 17.7 Å². The Morgan fingerprint density at radius 3 is 2.59 bits per heavy atom. The Morgan fingerprint density at radius 2 is 1.88 bits per heavy atom. The molecule has 2 bridgehead atoms. The van der Waals surface area contributed by atoms with Crippen molar-refractivity contribution in [3.8, 4) is 0 Å². The zero-order valence-corrected chi connectivity index (χ0v) is 25.5. The monoisotopic (exact) mass is 584 g/mol. The van der Waals surface area contributed by atoms with Crippen molar-refractivity contribution in [3.63, 3.8) is 0 Å². The molecule has 1 aliphatic carbocycles. The van der Waals surface area contributed by atoms with Crippen molar-refractivity contribution in [2.45, 2.75) is 83.6 Å². The molecule has 1 aromatic carbocycles. The molecule has 3 aliphatic heterocycles. The van der Waals surface area contributed by atoms with Gasteiger partial charge in [-0.15, -0.1) is 0 Å². The predicted molar refractivity (Wildman–Crippen MR) is 160 cm³/mol. The largest absolute Gasteiger partial charge is 0.359 e. The minimum Gasteiger partial charge on any atom is -0.359 e. The highest BCUT2D eigenvalue weighted by Gasteiger charge is 2.72. The van der Waals surface area contributed by atoms with Crippen LogP contribution in [-0.2, 0) is 19.1 Å². The van der Waals surface area contributed by atoms with E-state index >= 15 is 0 Å². The van der Waals surface area contributed by atoms with Crippen molar-refractivity contribution in [2.75, 3.05) is 31.5 Å². The lowest BCUT2D eigenvalue weighted by molar-refractivity contribution is -0.141. The van der Waals surface area contributed by atoms with Crippen molar-refractivity contribution >= 4 is 35.0 Å². The predicted octanol–water partition coefficient (Wildman–Crippen LogP) is 4.49. The number of amides is 3. The van der Waals surface area contributed by atoms with Gasteiger partial charge in [0.15, 0.2) is 0 Å². The van der Waals surface area contributed by atoms with E-state index in [-0.39, 0.29) is 23.8 Å². The molecule has 1 aromatic rings. The summed E-state index contributed by atoms with van der Waals surface area (Å²) in [6, 6.07) is 6.20. The molecule has 41 heavy (non-hydrogen) atoms. The molecule has 2 N–H and O–H groups in total. The summed E-state index contributed by atoms with van der Waals surface area (Å²) in [7, 11) is 0. The number of likely N-dealkylation sites (tertiary alicyclic amines) is 1. The van der Waals surface area contributed by atoms with Gasteiger partial charge in [-0.1, -0.05) is 70.4 Å². The van der Waals surface area contributed by atoms with Gasteiger partial charge in [-0.25, -0.2) is 0 Å². The van der Waals surface area contributed by atoms with Gasteiger partial charge in [0, 0.05) is 29.8 Å². The van der Waals surface area contributed by atoms with Crippen molar-refractivity contribution in [3.05, 3.63) is 41.4 Å². The Hall–Kier alpha value is -2.42. The summed E-state index contributed by atoms with van der Waals surface area (Å²) in [6.07, 6.45) is 8.38. The summed E-state index contributed by atoms with van der Waals surface area (Å²) in [5, 5.41) is 6.79. The quantitative estimate of drug-likeness (QED) is 0.374. The zero-order chi connectivity index (χ0) is 29.3. The molecule has 1 spiro atoms. The number of hydrogen-bond acceptors (Lipinski definition) is 5. The van der Waals surface area contributed by atoms with Crippen molar-refractivity contribution in [2.24, 2.45) is 23.7 Å². The molecule has 0 radical (unpaired) electrons. The second-order valence-corrected chi connectivity index (χ2v) is 12.9. The van der Waals surface area contributed by atoms with E-state index in [0.717, 1.165) is 45.2 Å². The third kappa shape index (κ3) is 5.67. The lowest BCUT2D eigenvalue weighted by Crippen LogP contribution is -2.58. The van der Waals surface area contributed by atoms with Crippen molar-refractivity contribution in [1.29, 1.82) is 0 Å². The van der Waals surface area contributed by atoms with E-state index in [4.69, 9.17) is 16.3 Å². The summed E-state index contributed by atoms with van der Waals surface area (Å²) in [5.74, 6) is -1.27. The second-order valence-electron chi connectivity index (χ2n) is 12.5. The van der Waals surface area contributed by atoms with Crippen LogP contribution >= 0.6 is 11.6 Å². The summed E-state index contributed by atoms with van der Waals surface area (Å²) < 4.78 is 6.52. The van der Waals surface area contributed by atoms with E-state index < -0.39 is 29.6 Å². The minimum absolute atomic E-state index is 0.0554. The van der Waals surface area contributed by atoms with Gasteiger partial charge in [0.1, 0.15) is 11.6 Å². The molecule has 8 atom stereocenters. The molecule has 224 valence electrons. The summed E-state index contributed by atoms with van der Waals surface area (Å²) in [4.78, 5) is 46.2. The molecule has 1 saturated carbocycles. The number of halogens is 1. The molecule has 8 unspecified atom stereocenters. The molecule has 4 aliphatic rings. The Kier molecular flexibility index (Phi) is 9.12. The van der Waals surface area contributed by atoms with Gasteiger partial charge in [-0.3, -0.25) is 14.4 Å². The normalized spacial score (nSPS) is 33.9. The first-order valence-corrected chi connectivity index (χ1v) is 15.8. The number of nitrogens with one attached hydrogen (secondary N) is 2. The van der Waals surface area contributed by atoms with E-state index in [1.165, 1.54) is 0 Å². The molecule has 5 rings (SSSR count). The minimum atomic E-state index is -1.16. The maximum atomic E-state index is 14.3. The molecular weight excluding hydrogens is 540 g/mol. The molecule has 3 amide bonds. The van der Waals surface area contributed by atoms with Crippen LogP contribution in [0.4, 0.5) is 5.69 Å². The number of rotatable bonds is 11. The lowest BCUT2D eigenvalue weighted by atomic mass is 9.73. The van der Waals surface area contributed by atoms with Gasteiger partial charge in [0.25, 0.3) is 0 Å². The maximum Gasteiger partial charge on any atom is 0.246 e. The Morgan fingerprint density at radius 1 is 1.12 bits per heavy atom. The number of nitrogens with zero attached hydrogens (tertiary/aromatic N) is 2.